The van der Waals surface area contributed by atoms with E-state index in [0.29, 0.717) is 25.5 Å². The molecule has 0 radical (unpaired) electrons. The Bertz CT molecular complexity index is 261. The van der Waals surface area contributed by atoms with Crippen molar-refractivity contribution in [1.82, 2.24) is 5.32 Å². The number of aliphatic hydroxyl groups excluding tert-OH is 1. The molecule has 0 aliphatic heterocycles. The standard InChI is InChI=1S/C12H21NO4/c1-4-11(17-9-10(3)14)13-7-6-8-16-12(15)5-2/h4-5,10,13-14H,2,6-9H2,1,3H3. The number of hydrogen-bond donors (Lipinski definition) is 2. The van der Waals surface area contributed by atoms with Crippen LogP contribution in [0, 0.1) is 0 Å². The predicted molar refractivity (Wildman–Crippen MR) is 65.2 cm³/mol. The van der Waals surface area contributed by atoms with Crippen molar-refractivity contribution >= 4 is 5.97 Å². The van der Waals surface area contributed by atoms with Gasteiger partial charge in [0.1, 0.15) is 6.61 Å². The van der Waals surface area contributed by atoms with Crippen LogP contribution in [0.5, 0.6) is 0 Å². The van der Waals surface area contributed by atoms with Crippen molar-refractivity contribution in [2.75, 3.05) is 19.8 Å². The summed E-state index contributed by atoms with van der Waals surface area (Å²) in [5.41, 5.74) is 0. The number of aliphatic hydroxyl groups is 1. The summed E-state index contributed by atoms with van der Waals surface area (Å²) in [7, 11) is 0. The molecule has 0 saturated carbocycles. The number of nitrogens with one attached hydrogen (secondary N) is 1. The Kier molecular flexibility index (Phi) is 8.86. The van der Waals surface area contributed by atoms with Crippen LogP contribution in [0.25, 0.3) is 0 Å². The molecule has 1 atom stereocenters. The lowest BCUT2D eigenvalue weighted by molar-refractivity contribution is -0.137. The smallest absolute Gasteiger partial charge is 0.330 e. The SMILES string of the molecule is C=CC(=O)OCCCNC(=CC)OCC(C)O. The number of carbonyl (C=O) groups is 1. The van der Waals surface area contributed by atoms with Gasteiger partial charge in [0.05, 0.1) is 12.7 Å². The van der Waals surface area contributed by atoms with Gasteiger partial charge in [-0.1, -0.05) is 6.58 Å². The molecule has 0 spiro atoms. The van der Waals surface area contributed by atoms with Crippen molar-refractivity contribution in [2.24, 2.45) is 0 Å². The normalized spacial score (nSPS) is 12.8. The zero-order valence-corrected chi connectivity index (χ0v) is 10.4. The fourth-order valence-electron chi connectivity index (χ4n) is 0.962. The van der Waals surface area contributed by atoms with Crippen LogP contribution >= 0.6 is 0 Å². The molecular formula is C12H21NO4. The first kappa shape index (κ1) is 15.5. The number of allylic oxidation sites excluding steroid dienone is 1. The third kappa shape index (κ3) is 9.44. The summed E-state index contributed by atoms with van der Waals surface area (Å²) in [4.78, 5) is 10.7. The molecule has 17 heavy (non-hydrogen) atoms. The van der Waals surface area contributed by atoms with E-state index < -0.39 is 12.1 Å². The van der Waals surface area contributed by atoms with Gasteiger partial charge in [-0.25, -0.2) is 4.79 Å². The lowest BCUT2D eigenvalue weighted by Gasteiger charge is -2.13. The van der Waals surface area contributed by atoms with Crippen LogP contribution in [0.1, 0.15) is 20.3 Å². The van der Waals surface area contributed by atoms with Gasteiger partial charge in [0.15, 0.2) is 5.88 Å². The van der Waals surface area contributed by atoms with E-state index in [9.17, 15) is 4.79 Å². The summed E-state index contributed by atoms with van der Waals surface area (Å²) in [6.45, 7) is 8.00. The highest BCUT2D eigenvalue weighted by molar-refractivity contribution is 5.81. The van der Waals surface area contributed by atoms with Crippen LogP contribution in [0.15, 0.2) is 24.6 Å². The van der Waals surface area contributed by atoms with Crippen LogP contribution < -0.4 is 5.32 Å². The van der Waals surface area contributed by atoms with Crippen molar-refractivity contribution in [1.29, 1.82) is 0 Å². The molecule has 2 N–H and O–H groups in total. The second kappa shape index (κ2) is 9.72. The van der Waals surface area contributed by atoms with Crippen molar-refractivity contribution in [3.8, 4) is 0 Å². The molecule has 1 unspecified atom stereocenters. The lowest BCUT2D eigenvalue weighted by atomic mass is 10.4. The maximum Gasteiger partial charge on any atom is 0.330 e. The molecule has 0 aliphatic carbocycles. The van der Waals surface area contributed by atoms with E-state index in [1.807, 2.05) is 6.92 Å². The molecule has 0 bridgehead atoms. The maximum absolute atomic E-state index is 10.7. The fourth-order valence-corrected chi connectivity index (χ4v) is 0.962. The molecule has 5 nitrogen and oxygen atoms in total. The Morgan fingerprint density at radius 3 is 2.76 bits per heavy atom. The van der Waals surface area contributed by atoms with E-state index in [0.717, 1.165) is 6.08 Å². The van der Waals surface area contributed by atoms with E-state index in [1.165, 1.54) is 0 Å². The number of esters is 1. The van der Waals surface area contributed by atoms with Crippen LogP contribution in [0.3, 0.4) is 0 Å². The number of hydrogen-bond acceptors (Lipinski definition) is 5. The molecule has 0 heterocycles. The minimum atomic E-state index is -0.500. The monoisotopic (exact) mass is 243 g/mol. The molecule has 0 rings (SSSR count). The van der Waals surface area contributed by atoms with Crippen molar-refractivity contribution in [3.63, 3.8) is 0 Å². The zero-order valence-electron chi connectivity index (χ0n) is 10.4. The van der Waals surface area contributed by atoms with E-state index in [-0.39, 0.29) is 6.61 Å². The topological polar surface area (TPSA) is 67.8 Å². The number of rotatable bonds is 9. The molecule has 0 aliphatic rings. The van der Waals surface area contributed by atoms with Gasteiger partial charge in [0.2, 0.25) is 0 Å². The van der Waals surface area contributed by atoms with Gasteiger partial charge >= 0.3 is 5.97 Å². The van der Waals surface area contributed by atoms with Crippen LogP contribution in [0.2, 0.25) is 0 Å². The summed E-state index contributed by atoms with van der Waals surface area (Å²) in [6.07, 6.45) is 3.09. The van der Waals surface area contributed by atoms with E-state index in [4.69, 9.17) is 14.6 Å². The lowest BCUT2D eigenvalue weighted by Crippen LogP contribution is -2.21. The second-order valence-electron chi connectivity index (χ2n) is 3.46. The van der Waals surface area contributed by atoms with Crippen LogP contribution in [-0.2, 0) is 14.3 Å². The predicted octanol–water partition coefficient (Wildman–Crippen LogP) is 0.954. The van der Waals surface area contributed by atoms with Crippen LogP contribution in [-0.4, -0.2) is 36.9 Å². The Morgan fingerprint density at radius 2 is 2.24 bits per heavy atom. The first-order valence-corrected chi connectivity index (χ1v) is 5.60. The van der Waals surface area contributed by atoms with Gasteiger partial charge in [-0.3, -0.25) is 0 Å². The Balaban J connectivity index is 3.57. The summed E-state index contributed by atoms with van der Waals surface area (Å²) in [5.74, 6) is 0.197. The van der Waals surface area contributed by atoms with E-state index in [1.54, 1.807) is 13.0 Å². The Morgan fingerprint density at radius 1 is 1.53 bits per heavy atom. The second-order valence-corrected chi connectivity index (χ2v) is 3.46. The zero-order chi connectivity index (χ0) is 13.1. The average molecular weight is 243 g/mol. The summed E-state index contributed by atoms with van der Waals surface area (Å²) < 4.78 is 10.1. The van der Waals surface area contributed by atoms with Gasteiger partial charge in [-0.05, 0) is 26.3 Å². The van der Waals surface area contributed by atoms with Gasteiger partial charge in [-0.15, -0.1) is 0 Å². The highest BCUT2D eigenvalue weighted by Crippen LogP contribution is 1.95. The Labute approximate surface area is 102 Å². The minimum absolute atomic E-state index is 0.248. The first-order chi connectivity index (χ1) is 8.10. The molecule has 0 fully saturated rings. The molecule has 0 aromatic heterocycles. The molecule has 98 valence electrons. The maximum atomic E-state index is 10.7. The van der Waals surface area contributed by atoms with Gasteiger partial charge in [0, 0.05) is 12.6 Å². The van der Waals surface area contributed by atoms with Crippen molar-refractivity contribution < 1.29 is 19.4 Å². The summed E-state index contributed by atoms with van der Waals surface area (Å²) in [6, 6.07) is 0. The largest absolute Gasteiger partial charge is 0.477 e. The Hall–Kier alpha value is -1.49. The molecule has 0 amide bonds. The molecular weight excluding hydrogens is 222 g/mol. The van der Waals surface area contributed by atoms with Gasteiger partial charge < -0.3 is 19.9 Å². The third-order valence-corrected chi connectivity index (χ3v) is 1.77. The van der Waals surface area contributed by atoms with Crippen LogP contribution in [0.4, 0.5) is 0 Å². The molecule has 0 saturated heterocycles. The first-order valence-electron chi connectivity index (χ1n) is 5.60. The molecule has 5 heteroatoms. The minimum Gasteiger partial charge on any atom is -0.477 e. The summed E-state index contributed by atoms with van der Waals surface area (Å²) in [5, 5.41) is 12.1. The van der Waals surface area contributed by atoms with Gasteiger partial charge in [0.25, 0.3) is 0 Å². The quantitative estimate of drug-likeness (QED) is 0.273. The van der Waals surface area contributed by atoms with Crippen molar-refractivity contribution in [3.05, 3.63) is 24.6 Å². The fraction of sp³-hybridized carbons (Fsp3) is 0.583. The molecule has 0 aromatic rings. The number of ether oxygens (including phenoxy) is 2. The van der Waals surface area contributed by atoms with E-state index in [2.05, 4.69) is 11.9 Å². The van der Waals surface area contributed by atoms with E-state index >= 15 is 0 Å². The van der Waals surface area contributed by atoms with Gasteiger partial charge in [-0.2, -0.15) is 0 Å². The average Bonchev–Trinajstić information content (AvgIpc) is 2.31. The molecule has 0 aromatic carbocycles. The highest BCUT2D eigenvalue weighted by atomic mass is 16.5. The van der Waals surface area contributed by atoms with Crippen molar-refractivity contribution in [2.45, 2.75) is 26.4 Å². The summed E-state index contributed by atoms with van der Waals surface area (Å²) >= 11 is 0. The third-order valence-electron chi connectivity index (χ3n) is 1.77. The number of carbonyl (C=O) groups excluding carboxylic acids is 1. The highest BCUT2D eigenvalue weighted by Gasteiger charge is 2.00.